The van der Waals surface area contributed by atoms with Gasteiger partial charge in [-0.3, -0.25) is 9.59 Å². The molecule has 0 bridgehead atoms. The first-order valence-corrected chi connectivity index (χ1v) is 11.6. The van der Waals surface area contributed by atoms with Gasteiger partial charge in [-0.2, -0.15) is 0 Å². The van der Waals surface area contributed by atoms with Crippen molar-refractivity contribution in [3.8, 4) is 11.4 Å². The fourth-order valence-corrected chi connectivity index (χ4v) is 5.30. The number of aliphatic hydroxyl groups is 1. The lowest BCUT2D eigenvalue weighted by atomic mass is 9.83. The molecule has 2 aromatic heterocycles. The van der Waals surface area contributed by atoms with Gasteiger partial charge in [-0.25, -0.2) is 26.9 Å². The number of cyclic esters (lactones) is 1. The van der Waals surface area contributed by atoms with Gasteiger partial charge in [0, 0.05) is 35.2 Å². The number of aromatic nitrogens is 2. The van der Waals surface area contributed by atoms with E-state index < -0.39 is 69.9 Å². The molecule has 0 fully saturated rings. The van der Waals surface area contributed by atoms with Gasteiger partial charge in [0.15, 0.2) is 6.10 Å². The summed E-state index contributed by atoms with van der Waals surface area (Å²) < 4.78 is 78.1. The highest BCUT2D eigenvalue weighted by Crippen LogP contribution is 2.44. The normalized spacial score (nSPS) is 20.1. The van der Waals surface area contributed by atoms with Crippen LogP contribution >= 0.6 is 0 Å². The van der Waals surface area contributed by atoms with Crippen molar-refractivity contribution >= 4 is 16.9 Å². The van der Waals surface area contributed by atoms with Gasteiger partial charge in [0.2, 0.25) is 0 Å². The van der Waals surface area contributed by atoms with E-state index in [4.69, 9.17) is 4.74 Å². The highest BCUT2D eigenvalue weighted by atomic mass is 19.2. The van der Waals surface area contributed by atoms with Crippen LogP contribution in [-0.4, -0.2) is 20.6 Å². The third kappa shape index (κ3) is 3.45. The standard InChI is InChI=1S/C27H17F5N2O4/c1-2-27(37)9-21(35)38-25(23-17(31)5-12(28)6-18(23)32)22-15(27)8-20-24-11(10-34(20)26(22)36)3-14-16(30)4-13(29)7-19(14)33-24/h3-8,25,37H,2,9-10H2,1H3/t25?,27-/m1/s1. The van der Waals surface area contributed by atoms with Crippen LogP contribution < -0.4 is 5.56 Å². The van der Waals surface area contributed by atoms with Crippen molar-refractivity contribution in [3.05, 3.63) is 98.1 Å². The lowest BCUT2D eigenvalue weighted by molar-refractivity contribution is -0.152. The summed E-state index contributed by atoms with van der Waals surface area (Å²) in [4.78, 5) is 30.9. The second-order valence-corrected chi connectivity index (χ2v) is 9.41. The van der Waals surface area contributed by atoms with E-state index in [0.29, 0.717) is 23.8 Å². The van der Waals surface area contributed by atoms with Gasteiger partial charge >= 0.3 is 5.97 Å². The number of benzene rings is 2. The van der Waals surface area contributed by atoms with E-state index >= 15 is 0 Å². The van der Waals surface area contributed by atoms with Crippen molar-refractivity contribution in [1.82, 2.24) is 9.55 Å². The smallest absolute Gasteiger partial charge is 0.310 e. The highest BCUT2D eigenvalue weighted by Gasteiger charge is 2.44. The van der Waals surface area contributed by atoms with E-state index in [1.165, 1.54) is 16.7 Å². The average molecular weight is 528 g/mol. The molecule has 4 heterocycles. The number of carbonyl (C=O) groups excluding carboxylic acids is 1. The maximum Gasteiger partial charge on any atom is 0.310 e. The van der Waals surface area contributed by atoms with Crippen LogP contribution in [-0.2, 0) is 21.7 Å². The predicted octanol–water partition coefficient (Wildman–Crippen LogP) is 4.75. The molecule has 0 aliphatic carbocycles. The minimum absolute atomic E-state index is 0.00492. The van der Waals surface area contributed by atoms with Gasteiger partial charge in [0.1, 0.15) is 34.7 Å². The van der Waals surface area contributed by atoms with E-state index in [1.807, 2.05) is 0 Å². The van der Waals surface area contributed by atoms with E-state index in [9.17, 15) is 36.6 Å². The summed E-state index contributed by atoms with van der Waals surface area (Å²) in [5, 5.41) is 11.5. The number of rotatable bonds is 2. The Labute approximate surface area is 210 Å². The number of fused-ring (bicyclic) bond motifs is 5. The zero-order valence-corrected chi connectivity index (χ0v) is 19.6. The third-order valence-corrected chi connectivity index (χ3v) is 7.18. The van der Waals surface area contributed by atoms with Gasteiger partial charge < -0.3 is 14.4 Å². The molecule has 38 heavy (non-hydrogen) atoms. The van der Waals surface area contributed by atoms with Crippen LogP contribution in [0.4, 0.5) is 22.0 Å². The van der Waals surface area contributed by atoms with Crippen molar-refractivity contribution in [2.24, 2.45) is 0 Å². The Morgan fingerprint density at radius 3 is 2.32 bits per heavy atom. The Kier molecular flexibility index (Phi) is 5.22. The molecule has 2 atom stereocenters. The van der Waals surface area contributed by atoms with Crippen LogP contribution in [0, 0.1) is 29.1 Å². The molecule has 2 aliphatic rings. The lowest BCUT2D eigenvalue weighted by Gasteiger charge is -2.27. The average Bonchev–Trinajstić information content (AvgIpc) is 3.14. The molecule has 11 heteroatoms. The SMILES string of the molecule is CC[C@@]1(O)CC(=O)OC(c2c(F)cc(F)cc2F)c2c1cc1n(c2=O)Cc2cc3c(F)cc(F)cc3nc2-1. The van der Waals surface area contributed by atoms with Crippen LogP contribution in [0.1, 0.15) is 48.1 Å². The Bertz CT molecular complexity index is 1750. The topological polar surface area (TPSA) is 81.4 Å². The number of nitrogens with zero attached hydrogens (tertiary/aromatic N) is 2. The summed E-state index contributed by atoms with van der Waals surface area (Å²) >= 11 is 0. The van der Waals surface area contributed by atoms with E-state index in [2.05, 4.69) is 4.98 Å². The number of ether oxygens (including phenoxy) is 1. The molecule has 2 aromatic carbocycles. The van der Waals surface area contributed by atoms with Gasteiger partial charge in [0.25, 0.3) is 5.56 Å². The van der Waals surface area contributed by atoms with Crippen LogP contribution in [0.25, 0.3) is 22.3 Å². The minimum Gasteiger partial charge on any atom is -0.452 e. The van der Waals surface area contributed by atoms with Crippen molar-refractivity contribution in [1.29, 1.82) is 0 Å². The molecule has 1 N–H and O–H groups in total. The molecule has 4 aromatic rings. The first kappa shape index (κ1) is 24.2. The number of halogens is 5. The van der Waals surface area contributed by atoms with Gasteiger partial charge in [-0.1, -0.05) is 6.92 Å². The number of carbonyl (C=O) groups is 1. The summed E-state index contributed by atoms with van der Waals surface area (Å²) in [7, 11) is 0. The highest BCUT2D eigenvalue weighted by molar-refractivity contribution is 5.85. The van der Waals surface area contributed by atoms with Gasteiger partial charge in [-0.05, 0) is 24.1 Å². The van der Waals surface area contributed by atoms with Crippen molar-refractivity contribution in [3.63, 3.8) is 0 Å². The maximum atomic E-state index is 14.9. The Morgan fingerprint density at radius 1 is 0.974 bits per heavy atom. The predicted molar refractivity (Wildman–Crippen MR) is 124 cm³/mol. The fraction of sp³-hybridized carbons (Fsp3) is 0.222. The molecule has 1 unspecified atom stereocenters. The molecule has 0 amide bonds. The molecule has 6 rings (SSSR count). The van der Waals surface area contributed by atoms with Gasteiger partial charge in [-0.15, -0.1) is 0 Å². The zero-order chi connectivity index (χ0) is 27.1. The molecule has 0 saturated heterocycles. The largest absolute Gasteiger partial charge is 0.452 e. The molecule has 194 valence electrons. The molecule has 6 nitrogen and oxygen atoms in total. The molecule has 2 aliphatic heterocycles. The first-order valence-electron chi connectivity index (χ1n) is 11.6. The fourth-order valence-electron chi connectivity index (χ4n) is 5.30. The Balaban J connectivity index is 1.66. The molecular weight excluding hydrogens is 511 g/mol. The third-order valence-electron chi connectivity index (χ3n) is 7.18. The summed E-state index contributed by atoms with van der Waals surface area (Å²) in [5.74, 6) is -6.69. The van der Waals surface area contributed by atoms with Crippen molar-refractivity contribution in [2.45, 2.75) is 38.0 Å². The van der Waals surface area contributed by atoms with Crippen LogP contribution in [0.3, 0.4) is 0 Å². The van der Waals surface area contributed by atoms with Gasteiger partial charge in [0.05, 0.1) is 41.0 Å². The molecule has 0 radical (unpaired) electrons. The number of hydrogen-bond acceptors (Lipinski definition) is 5. The zero-order valence-electron chi connectivity index (χ0n) is 19.6. The second kappa shape index (κ2) is 8.19. The summed E-state index contributed by atoms with van der Waals surface area (Å²) in [6.45, 7) is 1.42. The van der Waals surface area contributed by atoms with Crippen LogP contribution in [0.15, 0.2) is 41.2 Å². The van der Waals surface area contributed by atoms with E-state index in [-0.39, 0.29) is 40.8 Å². The van der Waals surface area contributed by atoms with Crippen LogP contribution in [0.5, 0.6) is 0 Å². The van der Waals surface area contributed by atoms with E-state index in [0.717, 1.165) is 6.07 Å². The quantitative estimate of drug-likeness (QED) is 0.264. The van der Waals surface area contributed by atoms with E-state index in [1.54, 1.807) is 6.92 Å². The first-order chi connectivity index (χ1) is 18.0. The molecular formula is C27H17F5N2O4. The van der Waals surface area contributed by atoms with Crippen molar-refractivity contribution in [2.75, 3.05) is 0 Å². The van der Waals surface area contributed by atoms with Crippen molar-refractivity contribution < 1.29 is 36.6 Å². The molecule has 0 spiro atoms. The Hall–Kier alpha value is -4.12. The second-order valence-electron chi connectivity index (χ2n) is 9.41. The minimum atomic E-state index is -1.96. The lowest BCUT2D eigenvalue weighted by Crippen LogP contribution is -2.33. The molecule has 0 saturated carbocycles. The number of hydrogen-bond donors (Lipinski definition) is 1. The summed E-state index contributed by atoms with van der Waals surface area (Å²) in [6, 6.07) is 5.33. The summed E-state index contributed by atoms with van der Waals surface area (Å²) in [6.07, 6.45) is -2.63. The number of pyridine rings is 2. The Morgan fingerprint density at radius 2 is 1.63 bits per heavy atom. The monoisotopic (exact) mass is 528 g/mol. The van der Waals surface area contributed by atoms with Crippen LogP contribution in [0.2, 0.25) is 0 Å². The number of esters is 1. The maximum absolute atomic E-state index is 14.9. The summed E-state index contributed by atoms with van der Waals surface area (Å²) in [5.41, 5.74) is -3.39.